The van der Waals surface area contributed by atoms with Crippen molar-refractivity contribution in [1.82, 2.24) is 4.57 Å². The number of carboxylic acid groups (broad SMARTS) is 1. The molecule has 3 nitrogen and oxygen atoms in total. The van der Waals surface area contributed by atoms with Crippen LogP contribution < -0.4 is 0 Å². The van der Waals surface area contributed by atoms with Crippen molar-refractivity contribution in [3.63, 3.8) is 0 Å². The second-order valence-corrected chi connectivity index (χ2v) is 5.68. The van der Waals surface area contributed by atoms with Crippen molar-refractivity contribution in [2.24, 2.45) is 7.05 Å². The monoisotopic (exact) mass is 257 g/mol. The van der Waals surface area contributed by atoms with Crippen LogP contribution in [0.1, 0.15) is 41.1 Å². The number of aliphatic carboxylic acids is 1. The molecule has 1 heterocycles. The SMILES string of the molecule is Cc1cc(C)c2c(c1)c1c(n2C)C(C(=O)O)CCC1. The molecule has 1 atom stereocenters. The average Bonchev–Trinajstić information content (AvgIpc) is 2.63. The van der Waals surface area contributed by atoms with Crippen LogP contribution in [0.3, 0.4) is 0 Å². The normalized spacial score (nSPS) is 18.6. The van der Waals surface area contributed by atoms with Crippen LogP contribution in [0, 0.1) is 13.8 Å². The third kappa shape index (κ3) is 1.68. The van der Waals surface area contributed by atoms with Gasteiger partial charge in [0.2, 0.25) is 0 Å². The van der Waals surface area contributed by atoms with Gasteiger partial charge >= 0.3 is 5.97 Å². The fourth-order valence-electron chi connectivity index (χ4n) is 3.66. The Balaban J connectivity index is 2.39. The number of hydrogen-bond acceptors (Lipinski definition) is 1. The van der Waals surface area contributed by atoms with Gasteiger partial charge in [-0.15, -0.1) is 0 Å². The Kier molecular flexibility index (Phi) is 2.66. The van der Waals surface area contributed by atoms with E-state index in [0.717, 1.165) is 25.0 Å². The molecule has 100 valence electrons. The quantitative estimate of drug-likeness (QED) is 0.851. The van der Waals surface area contributed by atoms with Gasteiger partial charge in [-0.05, 0) is 50.3 Å². The number of benzene rings is 1. The van der Waals surface area contributed by atoms with Crippen molar-refractivity contribution in [3.05, 3.63) is 34.5 Å². The summed E-state index contributed by atoms with van der Waals surface area (Å²) in [6.07, 6.45) is 2.72. The highest BCUT2D eigenvalue weighted by Gasteiger charge is 2.31. The molecule has 0 saturated carbocycles. The molecule has 0 fully saturated rings. The van der Waals surface area contributed by atoms with Crippen LogP contribution in [-0.2, 0) is 18.3 Å². The molecule has 2 aromatic rings. The van der Waals surface area contributed by atoms with Crippen LogP contribution >= 0.6 is 0 Å². The Bertz CT molecular complexity index is 682. The van der Waals surface area contributed by atoms with E-state index in [2.05, 4.69) is 30.5 Å². The van der Waals surface area contributed by atoms with E-state index < -0.39 is 5.97 Å². The second kappa shape index (κ2) is 4.12. The number of fused-ring (bicyclic) bond motifs is 3. The Hall–Kier alpha value is -1.77. The first kappa shape index (κ1) is 12.3. The molecule has 3 rings (SSSR count). The van der Waals surface area contributed by atoms with Gasteiger partial charge < -0.3 is 9.67 Å². The molecule has 1 aliphatic rings. The topological polar surface area (TPSA) is 42.2 Å². The van der Waals surface area contributed by atoms with E-state index in [-0.39, 0.29) is 5.92 Å². The van der Waals surface area contributed by atoms with Gasteiger partial charge in [0.05, 0.1) is 11.4 Å². The van der Waals surface area contributed by atoms with Gasteiger partial charge in [0, 0.05) is 18.1 Å². The number of aromatic nitrogens is 1. The maximum atomic E-state index is 11.5. The van der Waals surface area contributed by atoms with E-state index in [4.69, 9.17) is 0 Å². The Morgan fingerprint density at radius 2 is 2.11 bits per heavy atom. The highest BCUT2D eigenvalue weighted by atomic mass is 16.4. The van der Waals surface area contributed by atoms with E-state index in [0.29, 0.717) is 0 Å². The van der Waals surface area contributed by atoms with Crippen LogP contribution in [0.2, 0.25) is 0 Å². The Labute approximate surface area is 112 Å². The van der Waals surface area contributed by atoms with Crippen molar-refractivity contribution >= 4 is 16.9 Å². The fourth-order valence-corrected chi connectivity index (χ4v) is 3.66. The molecular weight excluding hydrogens is 238 g/mol. The number of carboxylic acids is 1. The van der Waals surface area contributed by atoms with Crippen LogP contribution in [0.15, 0.2) is 12.1 Å². The number of aryl methyl sites for hydroxylation is 4. The van der Waals surface area contributed by atoms with Gasteiger partial charge in [0.1, 0.15) is 0 Å². The van der Waals surface area contributed by atoms with Crippen LogP contribution in [0.4, 0.5) is 0 Å². The van der Waals surface area contributed by atoms with Gasteiger partial charge in [-0.1, -0.05) is 11.6 Å². The zero-order valence-corrected chi connectivity index (χ0v) is 11.7. The minimum Gasteiger partial charge on any atom is -0.481 e. The summed E-state index contributed by atoms with van der Waals surface area (Å²) in [6, 6.07) is 4.37. The predicted octanol–water partition coefficient (Wildman–Crippen LogP) is 3.30. The van der Waals surface area contributed by atoms with Gasteiger partial charge in [-0.25, -0.2) is 0 Å². The molecule has 0 radical (unpaired) electrons. The first-order valence-electron chi connectivity index (χ1n) is 6.82. The minimum absolute atomic E-state index is 0.346. The predicted molar refractivity (Wildman–Crippen MR) is 75.7 cm³/mol. The standard InChI is InChI=1S/C16H19NO2/c1-9-7-10(2)14-13(8-9)11-5-4-6-12(16(18)19)15(11)17(14)3/h7-8,12H,4-6H2,1-3H3,(H,18,19). The largest absolute Gasteiger partial charge is 0.481 e. The second-order valence-electron chi connectivity index (χ2n) is 5.68. The fraction of sp³-hybridized carbons (Fsp3) is 0.438. The van der Waals surface area contributed by atoms with Crippen molar-refractivity contribution in [2.75, 3.05) is 0 Å². The Morgan fingerprint density at radius 3 is 2.79 bits per heavy atom. The van der Waals surface area contributed by atoms with E-state index in [1.165, 1.54) is 27.6 Å². The number of nitrogens with zero attached hydrogens (tertiary/aromatic N) is 1. The first-order chi connectivity index (χ1) is 9.00. The molecule has 0 saturated heterocycles. The summed E-state index contributed by atoms with van der Waals surface area (Å²) in [5.74, 6) is -1.04. The third-order valence-electron chi connectivity index (χ3n) is 4.32. The molecule has 1 aromatic carbocycles. The van der Waals surface area contributed by atoms with E-state index in [1.807, 2.05) is 7.05 Å². The highest BCUT2D eigenvalue weighted by molar-refractivity contribution is 5.91. The lowest BCUT2D eigenvalue weighted by atomic mass is 9.86. The molecule has 0 bridgehead atoms. The van der Waals surface area contributed by atoms with E-state index in [9.17, 15) is 9.90 Å². The van der Waals surface area contributed by atoms with Crippen LogP contribution in [0.5, 0.6) is 0 Å². The summed E-state index contributed by atoms with van der Waals surface area (Å²) in [5, 5.41) is 10.7. The summed E-state index contributed by atoms with van der Waals surface area (Å²) in [6.45, 7) is 4.21. The van der Waals surface area contributed by atoms with Crippen molar-refractivity contribution in [3.8, 4) is 0 Å². The van der Waals surface area contributed by atoms with Crippen LogP contribution in [0.25, 0.3) is 10.9 Å². The molecule has 1 aromatic heterocycles. The molecule has 0 aliphatic heterocycles. The molecule has 0 amide bonds. The number of hydrogen-bond donors (Lipinski definition) is 1. The van der Waals surface area contributed by atoms with E-state index in [1.54, 1.807) is 0 Å². The van der Waals surface area contributed by atoms with E-state index >= 15 is 0 Å². The molecule has 3 heteroatoms. The van der Waals surface area contributed by atoms with Crippen molar-refractivity contribution in [1.29, 1.82) is 0 Å². The zero-order valence-electron chi connectivity index (χ0n) is 11.7. The third-order valence-corrected chi connectivity index (χ3v) is 4.32. The van der Waals surface area contributed by atoms with Gasteiger partial charge in [-0.2, -0.15) is 0 Å². The molecule has 1 aliphatic carbocycles. The van der Waals surface area contributed by atoms with Crippen molar-refractivity contribution < 1.29 is 9.90 Å². The smallest absolute Gasteiger partial charge is 0.312 e. The molecular formula is C16H19NO2. The van der Waals surface area contributed by atoms with Gasteiger partial charge in [0.15, 0.2) is 0 Å². The summed E-state index contributed by atoms with van der Waals surface area (Å²) in [5.41, 5.74) is 5.95. The first-order valence-corrected chi connectivity index (χ1v) is 6.82. The molecule has 1 unspecified atom stereocenters. The number of carbonyl (C=O) groups is 1. The maximum absolute atomic E-state index is 11.5. The lowest BCUT2D eigenvalue weighted by Crippen LogP contribution is -2.20. The lowest BCUT2D eigenvalue weighted by molar-refractivity contribution is -0.139. The zero-order chi connectivity index (χ0) is 13.7. The summed E-state index contributed by atoms with van der Waals surface area (Å²) >= 11 is 0. The Morgan fingerprint density at radius 1 is 1.37 bits per heavy atom. The van der Waals surface area contributed by atoms with Crippen molar-refractivity contribution in [2.45, 2.75) is 39.0 Å². The minimum atomic E-state index is -0.693. The van der Waals surface area contributed by atoms with Gasteiger partial charge in [0.25, 0.3) is 0 Å². The summed E-state index contributed by atoms with van der Waals surface area (Å²) < 4.78 is 2.11. The maximum Gasteiger partial charge on any atom is 0.312 e. The molecule has 0 spiro atoms. The average molecular weight is 257 g/mol. The van der Waals surface area contributed by atoms with Gasteiger partial charge in [-0.3, -0.25) is 4.79 Å². The molecule has 1 N–H and O–H groups in total. The number of rotatable bonds is 1. The van der Waals surface area contributed by atoms with Crippen LogP contribution in [-0.4, -0.2) is 15.6 Å². The summed E-state index contributed by atoms with van der Waals surface area (Å²) in [4.78, 5) is 11.5. The summed E-state index contributed by atoms with van der Waals surface area (Å²) in [7, 11) is 2.00. The molecule has 19 heavy (non-hydrogen) atoms. The highest BCUT2D eigenvalue weighted by Crippen LogP contribution is 2.39. The lowest BCUT2D eigenvalue weighted by Gasteiger charge is -2.21.